The van der Waals surface area contributed by atoms with Crippen molar-refractivity contribution in [2.45, 2.75) is 321 Å². The zero-order valence-electron chi connectivity index (χ0n) is 44.2. The van der Waals surface area contributed by atoms with E-state index in [0.29, 0.717) is 19.4 Å². The van der Waals surface area contributed by atoms with Gasteiger partial charge in [-0.1, -0.05) is 249 Å². The van der Waals surface area contributed by atoms with Crippen LogP contribution in [0.4, 0.5) is 0 Å². The van der Waals surface area contributed by atoms with Gasteiger partial charge in [0.2, 0.25) is 5.91 Å². The summed E-state index contributed by atoms with van der Waals surface area (Å²) in [6, 6.07) is -0.640. The molecular formula is C60H113NO5. The third-order valence-corrected chi connectivity index (χ3v) is 13.4. The molecule has 0 fully saturated rings. The molecule has 66 heavy (non-hydrogen) atoms. The number of allylic oxidation sites excluding steroid dienone is 5. The van der Waals surface area contributed by atoms with E-state index in [4.69, 9.17) is 4.74 Å². The molecule has 2 unspecified atom stereocenters. The largest absolute Gasteiger partial charge is 0.466 e. The smallest absolute Gasteiger partial charge is 0.305 e. The molecule has 0 aromatic rings. The molecule has 2 atom stereocenters. The molecule has 388 valence electrons. The summed E-state index contributed by atoms with van der Waals surface area (Å²) in [6.45, 7) is 4.88. The fraction of sp³-hybridized carbons (Fsp3) is 0.867. The molecule has 0 aliphatic rings. The predicted molar refractivity (Wildman–Crippen MR) is 287 cm³/mol. The zero-order valence-corrected chi connectivity index (χ0v) is 44.2. The van der Waals surface area contributed by atoms with Gasteiger partial charge in [-0.25, -0.2) is 0 Å². The van der Waals surface area contributed by atoms with Crippen LogP contribution in [-0.4, -0.2) is 47.4 Å². The Kier molecular flexibility index (Phi) is 54.1. The van der Waals surface area contributed by atoms with Crippen molar-refractivity contribution in [3.05, 3.63) is 36.5 Å². The van der Waals surface area contributed by atoms with Gasteiger partial charge in [-0.3, -0.25) is 9.59 Å². The van der Waals surface area contributed by atoms with Gasteiger partial charge < -0.3 is 20.3 Å². The molecular weight excluding hydrogens is 815 g/mol. The van der Waals surface area contributed by atoms with Gasteiger partial charge in [0.1, 0.15) is 0 Å². The Morgan fingerprint density at radius 3 is 1.08 bits per heavy atom. The van der Waals surface area contributed by atoms with Gasteiger partial charge >= 0.3 is 5.97 Å². The van der Waals surface area contributed by atoms with Crippen molar-refractivity contribution in [1.82, 2.24) is 5.32 Å². The minimum atomic E-state index is -0.855. The first-order chi connectivity index (χ1) is 32.5. The minimum Gasteiger partial charge on any atom is -0.466 e. The summed E-state index contributed by atoms with van der Waals surface area (Å²) < 4.78 is 5.48. The van der Waals surface area contributed by atoms with Crippen molar-refractivity contribution in [2.24, 2.45) is 0 Å². The first-order valence-electron chi connectivity index (χ1n) is 29.3. The fourth-order valence-electron chi connectivity index (χ4n) is 8.86. The third kappa shape index (κ3) is 51.5. The molecule has 0 aliphatic heterocycles. The van der Waals surface area contributed by atoms with Gasteiger partial charge in [0, 0.05) is 12.8 Å². The summed E-state index contributed by atoms with van der Waals surface area (Å²) in [4.78, 5) is 24.5. The summed E-state index contributed by atoms with van der Waals surface area (Å²) in [5.41, 5.74) is 0. The maximum absolute atomic E-state index is 12.4. The topological polar surface area (TPSA) is 95.9 Å². The van der Waals surface area contributed by atoms with Crippen LogP contribution < -0.4 is 5.32 Å². The van der Waals surface area contributed by atoms with Crippen LogP contribution >= 0.6 is 0 Å². The summed E-state index contributed by atoms with van der Waals surface area (Å²) in [5, 5.41) is 23.1. The quantitative estimate of drug-likeness (QED) is 0.0321. The highest BCUT2D eigenvalue weighted by Gasteiger charge is 2.18. The highest BCUT2D eigenvalue weighted by molar-refractivity contribution is 5.76. The lowest BCUT2D eigenvalue weighted by Gasteiger charge is -2.20. The highest BCUT2D eigenvalue weighted by Crippen LogP contribution is 2.16. The lowest BCUT2D eigenvalue weighted by Crippen LogP contribution is -2.45. The summed E-state index contributed by atoms with van der Waals surface area (Å²) in [7, 11) is 0. The second-order valence-corrected chi connectivity index (χ2v) is 20.0. The second kappa shape index (κ2) is 55.7. The van der Waals surface area contributed by atoms with E-state index in [1.807, 2.05) is 6.08 Å². The highest BCUT2D eigenvalue weighted by atomic mass is 16.5. The van der Waals surface area contributed by atoms with E-state index in [0.717, 1.165) is 64.2 Å². The van der Waals surface area contributed by atoms with Crippen molar-refractivity contribution in [3.8, 4) is 0 Å². The minimum absolute atomic E-state index is 0.00690. The van der Waals surface area contributed by atoms with E-state index >= 15 is 0 Å². The van der Waals surface area contributed by atoms with Crippen molar-refractivity contribution in [3.63, 3.8) is 0 Å². The van der Waals surface area contributed by atoms with Crippen LogP contribution in [0.15, 0.2) is 36.5 Å². The van der Waals surface area contributed by atoms with E-state index in [-0.39, 0.29) is 18.5 Å². The van der Waals surface area contributed by atoms with E-state index in [1.54, 1.807) is 6.08 Å². The number of unbranched alkanes of at least 4 members (excludes halogenated alkanes) is 39. The first-order valence-corrected chi connectivity index (χ1v) is 29.3. The first kappa shape index (κ1) is 64.1. The van der Waals surface area contributed by atoms with Crippen LogP contribution in [-0.2, 0) is 14.3 Å². The molecule has 0 rings (SSSR count). The van der Waals surface area contributed by atoms with Crippen LogP contribution in [0.5, 0.6) is 0 Å². The van der Waals surface area contributed by atoms with Crippen LogP contribution in [0.25, 0.3) is 0 Å². The summed E-state index contributed by atoms with van der Waals surface area (Å²) >= 11 is 0. The van der Waals surface area contributed by atoms with Gasteiger partial charge in [0.25, 0.3) is 0 Å². The van der Waals surface area contributed by atoms with Crippen LogP contribution in [0.3, 0.4) is 0 Å². The molecule has 0 saturated heterocycles. The number of amides is 1. The van der Waals surface area contributed by atoms with E-state index in [2.05, 4.69) is 43.5 Å². The summed E-state index contributed by atoms with van der Waals surface area (Å²) in [5.74, 6) is -0.0916. The molecule has 0 bridgehead atoms. The van der Waals surface area contributed by atoms with Crippen LogP contribution in [0.2, 0.25) is 0 Å². The molecule has 1 amide bonds. The number of esters is 1. The number of rotatable bonds is 54. The van der Waals surface area contributed by atoms with E-state index in [1.165, 1.54) is 218 Å². The number of carbonyl (C=O) groups is 2. The molecule has 0 aromatic carbocycles. The molecule has 0 aliphatic carbocycles. The van der Waals surface area contributed by atoms with E-state index in [9.17, 15) is 19.8 Å². The zero-order chi connectivity index (χ0) is 47.9. The Morgan fingerprint density at radius 2 is 0.712 bits per heavy atom. The Hall–Kier alpha value is -1.92. The second-order valence-electron chi connectivity index (χ2n) is 20.0. The average molecular weight is 929 g/mol. The number of carbonyl (C=O) groups excluding carboxylic acids is 2. The average Bonchev–Trinajstić information content (AvgIpc) is 3.32. The van der Waals surface area contributed by atoms with Crippen molar-refractivity contribution in [2.75, 3.05) is 13.2 Å². The van der Waals surface area contributed by atoms with Crippen LogP contribution in [0.1, 0.15) is 309 Å². The molecule has 6 heteroatoms. The number of hydrogen-bond donors (Lipinski definition) is 3. The number of aliphatic hydroxyl groups is 2. The predicted octanol–water partition coefficient (Wildman–Crippen LogP) is 18.0. The van der Waals surface area contributed by atoms with Crippen molar-refractivity contribution < 1.29 is 24.5 Å². The van der Waals surface area contributed by atoms with Gasteiger partial charge in [-0.05, 0) is 83.5 Å². The van der Waals surface area contributed by atoms with Gasteiger partial charge in [0.15, 0.2) is 0 Å². The lowest BCUT2D eigenvalue weighted by atomic mass is 10.0. The normalized spacial score (nSPS) is 12.8. The van der Waals surface area contributed by atoms with Crippen LogP contribution in [0, 0.1) is 0 Å². The molecule has 3 N–H and O–H groups in total. The van der Waals surface area contributed by atoms with Crippen molar-refractivity contribution in [1.29, 1.82) is 0 Å². The third-order valence-electron chi connectivity index (χ3n) is 13.4. The molecule has 0 heterocycles. The molecule has 0 saturated carbocycles. The number of hydrogen-bond acceptors (Lipinski definition) is 5. The standard InChI is InChI=1S/C60H113NO5/c1-3-5-7-9-11-13-15-17-19-20-21-26-30-34-38-42-46-50-54-60(65)66-55-51-47-43-39-35-31-27-23-22-25-29-33-37-41-45-49-53-59(64)61-57(56-62)58(63)52-48-44-40-36-32-28-24-18-16-14-12-10-8-6-4-2/h19-20,22,25,48,52,57-58,62-63H,3-18,21,23-24,26-47,49-51,53-56H2,1-2H3,(H,61,64)/b20-19-,25-22-,52-48+. The SMILES string of the molecule is CCCCCCCCC/C=C\CCCCCCCCCC(=O)OCCCCCCCCC/C=C\CCCCCCCC(=O)NC(CO)C(O)/C=C/CCCCCCCCCCCCCCC. The molecule has 6 nitrogen and oxygen atoms in total. The van der Waals surface area contributed by atoms with Crippen molar-refractivity contribution >= 4 is 11.9 Å². The van der Waals surface area contributed by atoms with Gasteiger partial charge in [-0.15, -0.1) is 0 Å². The van der Waals surface area contributed by atoms with Gasteiger partial charge in [-0.2, -0.15) is 0 Å². The number of nitrogens with one attached hydrogen (secondary N) is 1. The lowest BCUT2D eigenvalue weighted by molar-refractivity contribution is -0.143. The number of aliphatic hydroxyl groups excluding tert-OH is 2. The van der Waals surface area contributed by atoms with E-state index < -0.39 is 12.1 Å². The molecule has 0 aromatic heterocycles. The monoisotopic (exact) mass is 928 g/mol. The Labute approximate surface area is 411 Å². The number of ether oxygens (including phenoxy) is 1. The van der Waals surface area contributed by atoms with Gasteiger partial charge in [0.05, 0.1) is 25.4 Å². The Balaban J connectivity index is 3.48. The summed E-state index contributed by atoms with van der Waals surface area (Å²) in [6.07, 6.45) is 68.8. The molecule has 0 spiro atoms. The molecule has 0 radical (unpaired) electrons. The Morgan fingerprint density at radius 1 is 0.409 bits per heavy atom. The fourth-order valence-corrected chi connectivity index (χ4v) is 8.86. The maximum atomic E-state index is 12.4. The Bertz CT molecular complexity index is 1070. The maximum Gasteiger partial charge on any atom is 0.305 e.